The fourth-order valence-electron chi connectivity index (χ4n) is 8.37. The maximum absolute atomic E-state index is 14.9. The van der Waals surface area contributed by atoms with Crippen molar-refractivity contribution >= 4 is 23.2 Å². The van der Waals surface area contributed by atoms with Crippen LogP contribution in [0.25, 0.3) is 0 Å². The maximum Gasteiger partial charge on any atom is 0.246 e. The lowest BCUT2D eigenvalue weighted by molar-refractivity contribution is -0.121. The van der Waals surface area contributed by atoms with Crippen LogP contribution in [0.15, 0.2) is 121 Å². The fraction of sp³-hybridized carbons (Fsp3) is 0.136. The Morgan fingerprint density at radius 3 is 0.946 bits per heavy atom. The number of benzene rings is 6. The number of rotatable bonds is 9. The number of nitrogens with zero attached hydrogens (tertiary/aromatic N) is 2. The standard InChI is InChI=1S/C44H36N2O10/c47-33-15-11-25(21-37(33)51)43(26-12-16-34(48)38(52)22-26)29-7-1-3-9-31(29)45(41(43)55)19-5-6-20-46-32-10-4-2-8-30(32)44(42(46)56,27-13-17-35(49)39(53)23-27)28-14-18-36(50)40(54)24-28/h1-4,7-18,21-24,47-54H,5-6,19-20H2. The summed E-state index contributed by atoms with van der Waals surface area (Å²) in [5.74, 6) is -4.05. The van der Waals surface area contributed by atoms with Crippen molar-refractivity contribution in [3.05, 3.63) is 155 Å². The Labute approximate surface area is 320 Å². The summed E-state index contributed by atoms with van der Waals surface area (Å²) in [5.41, 5.74) is 0.428. The number of amides is 2. The van der Waals surface area contributed by atoms with Gasteiger partial charge in [-0.3, -0.25) is 9.59 Å². The lowest BCUT2D eigenvalue weighted by atomic mass is 9.70. The van der Waals surface area contributed by atoms with E-state index in [2.05, 4.69) is 0 Å². The number of phenols is 8. The van der Waals surface area contributed by atoms with E-state index in [1.165, 1.54) is 72.8 Å². The second-order valence-electron chi connectivity index (χ2n) is 14.0. The van der Waals surface area contributed by atoms with E-state index >= 15 is 0 Å². The van der Waals surface area contributed by atoms with Gasteiger partial charge in [0.15, 0.2) is 46.0 Å². The third-order valence-electron chi connectivity index (χ3n) is 11.0. The summed E-state index contributed by atoms with van der Waals surface area (Å²) >= 11 is 0. The number of unbranched alkanes of at least 4 members (excludes halogenated alkanes) is 1. The number of para-hydroxylation sites is 2. The second kappa shape index (κ2) is 13.2. The average molecular weight is 753 g/mol. The number of carbonyl (C=O) groups is 2. The molecule has 0 spiro atoms. The van der Waals surface area contributed by atoms with Crippen LogP contribution in [0, 0.1) is 0 Å². The zero-order valence-electron chi connectivity index (χ0n) is 29.7. The van der Waals surface area contributed by atoms with Gasteiger partial charge in [0.2, 0.25) is 11.8 Å². The van der Waals surface area contributed by atoms with E-state index in [1.54, 1.807) is 58.3 Å². The van der Waals surface area contributed by atoms with Crippen molar-refractivity contribution in [3.8, 4) is 46.0 Å². The van der Waals surface area contributed by atoms with E-state index in [0.29, 0.717) is 57.6 Å². The van der Waals surface area contributed by atoms with Crippen molar-refractivity contribution in [1.82, 2.24) is 0 Å². The third kappa shape index (κ3) is 5.13. The normalized spacial score (nSPS) is 15.2. The number of hydrogen-bond donors (Lipinski definition) is 8. The first-order chi connectivity index (χ1) is 26.9. The van der Waals surface area contributed by atoms with Crippen molar-refractivity contribution in [3.63, 3.8) is 0 Å². The van der Waals surface area contributed by atoms with Crippen molar-refractivity contribution < 1.29 is 50.4 Å². The minimum absolute atomic E-state index is 0.207. The smallest absolute Gasteiger partial charge is 0.246 e. The van der Waals surface area contributed by atoms with Gasteiger partial charge >= 0.3 is 0 Å². The van der Waals surface area contributed by atoms with E-state index in [1.807, 2.05) is 0 Å². The molecule has 12 nitrogen and oxygen atoms in total. The van der Waals surface area contributed by atoms with Gasteiger partial charge in [-0.1, -0.05) is 60.7 Å². The average Bonchev–Trinajstić information content (AvgIpc) is 3.59. The third-order valence-corrected chi connectivity index (χ3v) is 11.0. The molecule has 8 rings (SSSR count). The Balaban J connectivity index is 1.13. The summed E-state index contributed by atoms with van der Waals surface area (Å²) in [6.07, 6.45) is 0.827. The number of phenolic OH excluding ortho intramolecular Hbond substituents is 8. The Morgan fingerprint density at radius 1 is 0.375 bits per heavy atom. The first-order valence-electron chi connectivity index (χ1n) is 17.8. The van der Waals surface area contributed by atoms with Crippen LogP contribution in [0.5, 0.6) is 46.0 Å². The molecule has 2 amide bonds. The second-order valence-corrected chi connectivity index (χ2v) is 14.0. The highest BCUT2D eigenvalue weighted by Crippen LogP contribution is 2.54. The van der Waals surface area contributed by atoms with Gasteiger partial charge in [0, 0.05) is 35.6 Å². The molecule has 8 N–H and O–H groups in total. The van der Waals surface area contributed by atoms with Gasteiger partial charge in [0.05, 0.1) is 0 Å². The molecule has 282 valence electrons. The molecule has 0 bridgehead atoms. The molecule has 12 heteroatoms. The van der Waals surface area contributed by atoms with E-state index in [-0.39, 0.29) is 36.1 Å². The number of carbonyl (C=O) groups excluding carboxylic acids is 2. The van der Waals surface area contributed by atoms with Gasteiger partial charge in [-0.25, -0.2) is 0 Å². The number of hydrogen-bond acceptors (Lipinski definition) is 10. The summed E-state index contributed by atoms with van der Waals surface area (Å²) in [5, 5.41) is 83.0. The molecular weight excluding hydrogens is 716 g/mol. The van der Waals surface area contributed by atoms with Crippen molar-refractivity contribution in [2.45, 2.75) is 23.7 Å². The van der Waals surface area contributed by atoms with Crippen LogP contribution in [0.4, 0.5) is 11.4 Å². The summed E-state index contributed by atoms with van der Waals surface area (Å²) in [6, 6.07) is 30.8. The quantitative estimate of drug-likeness (QED) is 0.0623. The Morgan fingerprint density at radius 2 is 0.661 bits per heavy atom. The first-order valence-corrected chi connectivity index (χ1v) is 17.8. The molecule has 6 aromatic rings. The van der Waals surface area contributed by atoms with Crippen LogP contribution in [0.2, 0.25) is 0 Å². The predicted octanol–water partition coefficient (Wildman–Crippen LogP) is 6.17. The zero-order valence-corrected chi connectivity index (χ0v) is 29.7. The Hall–Kier alpha value is -7.34. The largest absolute Gasteiger partial charge is 0.504 e. The van der Waals surface area contributed by atoms with Gasteiger partial charge in [-0.2, -0.15) is 0 Å². The lowest BCUT2D eigenvalue weighted by Crippen LogP contribution is -2.43. The predicted molar refractivity (Wildman–Crippen MR) is 206 cm³/mol. The van der Waals surface area contributed by atoms with E-state index < -0.39 is 45.6 Å². The highest BCUT2D eigenvalue weighted by Gasteiger charge is 2.55. The maximum atomic E-state index is 14.9. The van der Waals surface area contributed by atoms with Crippen molar-refractivity contribution in [1.29, 1.82) is 0 Å². The molecule has 2 aliphatic rings. The van der Waals surface area contributed by atoms with Crippen LogP contribution < -0.4 is 9.80 Å². The van der Waals surface area contributed by atoms with Gasteiger partial charge in [0.1, 0.15) is 10.8 Å². The molecule has 0 saturated carbocycles. The first kappa shape index (κ1) is 35.7. The molecule has 2 heterocycles. The summed E-state index contributed by atoms with van der Waals surface area (Å²) in [4.78, 5) is 33.1. The van der Waals surface area contributed by atoms with E-state index in [9.17, 15) is 50.4 Å². The number of aromatic hydroxyl groups is 8. The fourth-order valence-corrected chi connectivity index (χ4v) is 8.37. The Bertz CT molecular complexity index is 2290. The summed E-state index contributed by atoms with van der Waals surface area (Å²) < 4.78 is 0. The van der Waals surface area contributed by atoms with Gasteiger partial charge in [0.25, 0.3) is 0 Å². The van der Waals surface area contributed by atoms with Crippen LogP contribution in [0.1, 0.15) is 46.2 Å². The molecule has 0 fully saturated rings. The molecule has 56 heavy (non-hydrogen) atoms. The number of fused-ring (bicyclic) bond motifs is 2. The molecular formula is C44H36N2O10. The minimum atomic E-state index is -1.58. The van der Waals surface area contributed by atoms with Gasteiger partial charge in [-0.05, 0) is 95.8 Å². The molecule has 0 radical (unpaired) electrons. The van der Waals surface area contributed by atoms with E-state index in [4.69, 9.17) is 0 Å². The molecule has 0 atom stereocenters. The summed E-state index contributed by atoms with van der Waals surface area (Å²) in [6.45, 7) is 0.413. The van der Waals surface area contributed by atoms with Gasteiger partial charge < -0.3 is 50.7 Å². The zero-order chi connectivity index (χ0) is 39.5. The molecule has 0 aliphatic carbocycles. The van der Waals surface area contributed by atoms with E-state index in [0.717, 1.165) is 0 Å². The summed E-state index contributed by atoms with van der Waals surface area (Å²) in [7, 11) is 0. The highest BCUT2D eigenvalue weighted by molar-refractivity contribution is 6.14. The van der Waals surface area contributed by atoms with Crippen LogP contribution in [-0.4, -0.2) is 65.8 Å². The SMILES string of the molecule is O=C1N(CCCCN2C(=O)C(c3ccc(O)c(O)c3)(c3ccc(O)c(O)c3)c3ccccc32)c2ccccc2C1(c1ccc(O)c(O)c1)c1ccc(O)c(O)c1. The van der Waals surface area contributed by atoms with Crippen LogP contribution in [0.3, 0.4) is 0 Å². The van der Waals surface area contributed by atoms with Crippen molar-refractivity contribution in [2.24, 2.45) is 0 Å². The molecule has 2 aliphatic heterocycles. The Kier molecular flexibility index (Phi) is 8.41. The van der Waals surface area contributed by atoms with Crippen molar-refractivity contribution in [2.75, 3.05) is 22.9 Å². The molecule has 0 aromatic heterocycles. The molecule has 0 saturated heterocycles. The number of anilines is 2. The van der Waals surface area contributed by atoms with Crippen LogP contribution >= 0.6 is 0 Å². The van der Waals surface area contributed by atoms with Gasteiger partial charge in [-0.15, -0.1) is 0 Å². The van der Waals surface area contributed by atoms with Crippen LogP contribution in [-0.2, 0) is 20.4 Å². The molecule has 0 unspecified atom stereocenters. The highest BCUT2D eigenvalue weighted by atomic mass is 16.3. The molecule has 6 aromatic carbocycles. The minimum Gasteiger partial charge on any atom is -0.504 e. The topological polar surface area (TPSA) is 202 Å². The monoisotopic (exact) mass is 752 g/mol. The lowest BCUT2D eigenvalue weighted by Gasteiger charge is -2.31.